The highest BCUT2D eigenvalue weighted by atomic mass is 19.1. The fraction of sp³-hybridized carbons (Fsp3) is 0.217. The number of carbonyl (C=O) groups is 2. The lowest BCUT2D eigenvalue weighted by Gasteiger charge is -2.24. The quantitative estimate of drug-likeness (QED) is 0.295. The third-order valence-electron chi connectivity index (χ3n) is 5.05. The molecule has 0 unspecified atom stereocenters. The first-order valence-corrected chi connectivity index (χ1v) is 10.4. The van der Waals surface area contributed by atoms with Gasteiger partial charge in [-0.2, -0.15) is 0 Å². The first-order valence-electron chi connectivity index (χ1n) is 10.4. The number of nitrogens with one attached hydrogen (secondary N) is 1. The van der Waals surface area contributed by atoms with Gasteiger partial charge in [0.25, 0.3) is 11.5 Å². The Labute approximate surface area is 198 Å². The van der Waals surface area contributed by atoms with Crippen molar-refractivity contribution in [3.8, 4) is 0 Å². The van der Waals surface area contributed by atoms with Gasteiger partial charge >= 0.3 is 11.7 Å². The number of aromatic nitrogens is 2. The van der Waals surface area contributed by atoms with Gasteiger partial charge in [-0.05, 0) is 23.8 Å². The third-order valence-corrected chi connectivity index (χ3v) is 5.05. The summed E-state index contributed by atoms with van der Waals surface area (Å²) >= 11 is 0. The zero-order valence-corrected chi connectivity index (χ0v) is 18.8. The molecule has 184 valence electrons. The fourth-order valence-corrected chi connectivity index (χ4v) is 3.31. The van der Waals surface area contributed by atoms with Gasteiger partial charge in [-0.1, -0.05) is 30.3 Å². The molecule has 5 N–H and O–H groups in total. The maximum Gasteiger partial charge on any atom is 0.340 e. The molecule has 11 nitrogen and oxygen atoms in total. The predicted octanol–water partition coefficient (Wildman–Crippen LogP) is 0.725. The first-order chi connectivity index (χ1) is 16.7. The number of methoxy groups -OCH3 is 1. The molecule has 0 aliphatic rings. The molecule has 0 aliphatic heterocycles. The van der Waals surface area contributed by atoms with Crippen LogP contribution in [0, 0.1) is 5.82 Å². The molecule has 0 radical (unpaired) electrons. The Morgan fingerprint density at radius 1 is 1.11 bits per heavy atom. The second-order valence-corrected chi connectivity index (χ2v) is 7.41. The molecule has 12 heteroatoms. The van der Waals surface area contributed by atoms with E-state index in [-0.39, 0.29) is 42.5 Å². The minimum absolute atomic E-state index is 0.0152. The number of ether oxygens (including phenoxy) is 2. The zero-order chi connectivity index (χ0) is 25.5. The van der Waals surface area contributed by atoms with Crippen LogP contribution in [0.1, 0.15) is 15.9 Å². The number of H-pyrrole nitrogens is 1. The zero-order valence-electron chi connectivity index (χ0n) is 18.8. The predicted molar refractivity (Wildman–Crippen MR) is 127 cm³/mol. The van der Waals surface area contributed by atoms with Crippen LogP contribution < -0.4 is 27.6 Å². The van der Waals surface area contributed by atoms with E-state index in [1.54, 1.807) is 30.3 Å². The second-order valence-electron chi connectivity index (χ2n) is 7.41. The van der Waals surface area contributed by atoms with Crippen molar-refractivity contribution in [1.82, 2.24) is 9.55 Å². The number of nitrogens with two attached hydrogens (primary N) is 2. The van der Waals surface area contributed by atoms with Gasteiger partial charge in [0.05, 0.1) is 18.7 Å². The van der Waals surface area contributed by atoms with Crippen molar-refractivity contribution in [2.45, 2.75) is 6.54 Å². The van der Waals surface area contributed by atoms with Crippen molar-refractivity contribution >= 4 is 29.1 Å². The Balaban J connectivity index is 1.90. The lowest BCUT2D eigenvalue weighted by Crippen LogP contribution is -2.44. The Hall–Kier alpha value is -4.45. The van der Waals surface area contributed by atoms with Gasteiger partial charge in [0, 0.05) is 19.3 Å². The molecule has 0 spiro atoms. The molecule has 0 bridgehead atoms. The van der Waals surface area contributed by atoms with Crippen LogP contribution in [0.3, 0.4) is 0 Å². The van der Waals surface area contributed by atoms with Gasteiger partial charge in [-0.15, -0.1) is 0 Å². The van der Waals surface area contributed by atoms with Crippen molar-refractivity contribution in [3.05, 3.63) is 86.3 Å². The van der Waals surface area contributed by atoms with Gasteiger partial charge in [-0.25, -0.2) is 14.0 Å². The molecule has 0 fully saturated rings. The van der Waals surface area contributed by atoms with Crippen molar-refractivity contribution in [2.24, 2.45) is 0 Å². The molecule has 0 atom stereocenters. The number of esters is 1. The fourth-order valence-electron chi connectivity index (χ4n) is 3.31. The summed E-state index contributed by atoms with van der Waals surface area (Å²) in [5.41, 5.74) is 10.3. The summed E-state index contributed by atoms with van der Waals surface area (Å²) in [5, 5.41) is 0. The summed E-state index contributed by atoms with van der Waals surface area (Å²) in [6.07, 6.45) is 0. The van der Waals surface area contributed by atoms with E-state index in [0.717, 1.165) is 33.2 Å². The van der Waals surface area contributed by atoms with Crippen LogP contribution in [0.4, 0.5) is 21.6 Å². The molecule has 2 aromatic carbocycles. The number of hydrogen-bond acceptors (Lipinski definition) is 8. The monoisotopic (exact) mass is 485 g/mol. The Morgan fingerprint density at radius 3 is 2.49 bits per heavy atom. The summed E-state index contributed by atoms with van der Waals surface area (Å²) in [6.45, 7) is -0.847. The van der Waals surface area contributed by atoms with Crippen molar-refractivity contribution < 1.29 is 23.5 Å². The van der Waals surface area contributed by atoms with Crippen molar-refractivity contribution in [3.63, 3.8) is 0 Å². The van der Waals surface area contributed by atoms with E-state index in [0.29, 0.717) is 0 Å². The van der Waals surface area contributed by atoms with Gasteiger partial charge in [0.1, 0.15) is 11.6 Å². The molecule has 35 heavy (non-hydrogen) atoms. The number of halogens is 1. The molecule has 3 rings (SSSR count). The summed E-state index contributed by atoms with van der Waals surface area (Å²) in [4.78, 5) is 53.6. The summed E-state index contributed by atoms with van der Waals surface area (Å²) in [5.74, 6) is -2.65. The maximum absolute atomic E-state index is 13.2. The molecule has 1 aromatic heterocycles. The van der Waals surface area contributed by atoms with Crippen LogP contribution >= 0.6 is 0 Å². The van der Waals surface area contributed by atoms with Gasteiger partial charge < -0.3 is 20.9 Å². The summed E-state index contributed by atoms with van der Waals surface area (Å²) in [7, 11) is 1.39. The Morgan fingerprint density at radius 2 is 1.83 bits per heavy atom. The van der Waals surface area contributed by atoms with Crippen LogP contribution in [0.15, 0.2) is 58.1 Å². The lowest BCUT2D eigenvalue weighted by atomic mass is 10.2. The maximum atomic E-state index is 13.2. The number of anilines is 3. The summed E-state index contributed by atoms with van der Waals surface area (Å²) in [6, 6.07) is 12.0. The number of carbonyl (C=O) groups excluding carboxylic acids is 2. The van der Waals surface area contributed by atoms with Crippen molar-refractivity contribution in [1.29, 1.82) is 0 Å². The minimum Gasteiger partial charge on any atom is -0.452 e. The van der Waals surface area contributed by atoms with E-state index in [2.05, 4.69) is 4.98 Å². The molecule has 0 saturated carbocycles. The smallest absolute Gasteiger partial charge is 0.340 e. The van der Waals surface area contributed by atoms with E-state index in [9.17, 15) is 23.6 Å². The van der Waals surface area contributed by atoms with Crippen LogP contribution in [0.5, 0.6) is 0 Å². The lowest BCUT2D eigenvalue weighted by molar-refractivity contribution is -0.121. The molecule has 1 amide bonds. The summed E-state index contributed by atoms with van der Waals surface area (Å²) < 4.78 is 24.4. The number of benzene rings is 2. The van der Waals surface area contributed by atoms with E-state index < -0.39 is 35.5 Å². The largest absolute Gasteiger partial charge is 0.452 e. The molecule has 3 aromatic rings. The third kappa shape index (κ3) is 5.92. The molecule has 0 aliphatic carbocycles. The van der Waals surface area contributed by atoms with E-state index in [1.165, 1.54) is 7.11 Å². The molecule has 0 saturated heterocycles. The number of amides is 1. The standard InChI is InChI=1S/C23H24FN5O6/c1-34-10-9-28(18(30)13-35-22(32)16-8-7-15(24)11-17(16)25)19-20(26)29(23(33)27-21(19)31)12-14-5-3-2-4-6-14/h2-8,11H,9-10,12-13,25-26H2,1H3,(H,27,31,33). The van der Waals surface area contributed by atoms with E-state index in [4.69, 9.17) is 20.9 Å². The van der Waals surface area contributed by atoms with Crippen LogP contribution in [-0.2, 0) is 20.8 Å². The second kappa shape index (κ2) is 11.1. The highest BCUT2D eigenvalue weighted by Gasteiger charge is 2.25. The highest BCUT2D eigenvalue weighted by Crippen LogP contribution is 2.19. The molecular formula is C23H24FN5O6. The van der Waals surface area contributed by atoms with Gasteiger partial charge in [0.2, 0.25) is 0 Å². The number of nitrogens with zero attached hydrogens (tertiary/aromatic N) is 2. The Bertz CT molecular complexity index is 1340. The van der Waals surface area contributed by atoms with Gasteiger partial charge in [0.15, 0.2) is 12.3 Å². The SMILES string of the molecule is COCCN(C(=O)COC(=O)c1ccc(F)cc1N)c1c(N)n(Cc2ccccc2)c(=O)[nH]c1=O. The Kier molecular flexibility index (Phi) is 8.00. The van der Waals surface area contributed by atoms with Crippen LogP contribution in [0.25, 0.3) is 0 Å². The molecule has 1 heterocycles. The molecular weight excluding hydrogens is 461 g/mol. The number of rotatable bonds is 9. The van der Waals surface area contributed by atoms with E-state index in [1.807, 2.05) is 0 Å². The number of nitrogen functional groups attached to an aromatic ring is 2. The van der Waals surface area contributed by atoms with Crippen LogP contribution in [0.2, 0.25) is 0 Å². The van der Waals surface area contributed by atoms with Gasteiger partial charge in [-0.3, -0.25) is 24.0 Å². The normalized spacial score (nSPS) is 10.7. The first kappa shape index (κ1) is 25.2. The highest BCUT2D eigenvalue weighted by molar-refractivity contribution is 6.00. The average molecular weight is 485 g/mol. The van der Waals surface area contributed by atoms with Crippen LogP contribution in [-0.4, -0.2) is 48.3 Å². The van der Waals surface area contributed by atoms with E-state index >= 15 is 0 Å². The number of hydrogen-bond donors (Lipinski definition) is 3. The topological polar surface area (TPSA) is 163 Å². The number of aromatic amines is 1. The minimum atomic E-state index is -0.960. The van der Waals surface area contributed by atoms with Crippen molar-refractivity contribution in [2.75, 3.05) is 43.2 Å². The average Bonchev–Trinajstić information content (AvgIpc) is 2.82.